The van der Waals surface area contributed by atoms with Crippen LogP contribution in [0.1, 0.15) is 124 Å². The summed E-state index contributed by atoms with van der Waals surface area (Å²) in [6.07, 6.45) is 22.0. The SMILES string of the molecule is CCCCCCCCCCCCCCCCCCOC(C)=O.CCO. The average Bonchev–Trinajstić information content (AvgIpc) is 2.58. The molecule has 0 aromatic rings. The molecule has 25 heavy (non-hydrogen) atoms. The molecule has 152 valence electrons. The van der Waals surface area contributed by atoms with E-state index in [1.165, 1.54) is 103 Å². The third-order valence-corrected chi connectivity index (χ3v) is 4.30. The zero-order chi connectivity index (χ0) is 19.0. The first-order chi connectivity index (χ1) is 12.2. The zero-order valence-electron chi connectivity index (χ0n) is 17.5. The third-order valence-electron chi connectivity index (χ3n) is 4.30. The van der Waals surface area contributed by atoms with Crippen LogP contribution in [0.15, 0.2) is 0 Å². The Hall–Kier alpha value is -0.570. The van der Waals surface area contributed by atoms with Crippen LogP contribution in [0.25, 0.3) is 0 Å². The van der Waals surface area contributed by atoms with Gasteiger partial charge in [0.2, 0.25) is 0 Å². The van der Waals surface area contributed by atoms with Crippen LogP contribution in [-0.4, -0.2) is 24.3 Å². The van der Waals surface area contributed by atoms with Crippen LogP contribution in [0, 0.1) is 0 Å². The molecule has 3 heteroatoms. The average molecular weight is 359 g/mol. The second kappa shape index (κ2) is 25.7. The van der Waals surface area contributed by atoms with Crippen LogP contribution in [0.2, 0.25) is 0 Å². The van der Waals surface area contributed by atoms with Gasteiger partial charge in [-0.1, -0.05) is 103 Å². The summed E-state index contributed by atoms with van der Waals surface area (Å²) in [5, 5.41) is 7.57. The second-order valence-corrected chi connectivity index (χ2v) is 6.96. The molecule has 0 saturated heterocycles. The lowest BCUT2D eigenvalue weighted by molar-refractivity contribution is -0.141. The maximum absolute atomic E-state index is 10.6. The summed E-state index contributed by atoms with van der Waals surface area (Å²) >= 11 is 0. The van der Waals surface area contributed by atoms with E-state index < -0.39 is 0 Å². The van der Waals surface area contributed by atoms with Crippen LogP contribution >= 0.6 is 0 Å². The second-order valence-electron chi connectivity index (χ2n) is 6.96. The van der Waals surface area contributed by atoms with E-state index in [9.17, 15) is 4.79 Å². The van der Waals surface area contributed by atoms with Gasteiger partial charge in [0.25, 0.3) is 0 Å². The van der Waals surface area contributed by atoms with Gasteiger partial charge in [0.05, 0.1) is 6.61 Å². The van der Waals surface area contributed by atoms with E-state index in [1.807, 2.05) is 0 Å². The van der Waals surface area contributed by atoms with Gasteiger partial charge in [0.1, 0.15) is 0 Å². The lowest BCUT2D eigenvalue weighted by Gasteiger charge is -2.04. The van der Waals surface area contributed by atoms with Gasteiger partial charge < -0.3 is 9.84 Å². The highest BCUT2D eigenvalue weighted by Gasteiger charge is 1.95. The minimum atomic E-state index is -0.152. The maximum atomic E-state index is 10.6. The Balaban J connectivity index is 0. The van der Waals surface area contributed by atoms with Crippen LogP contribution < -0.4 is 0 Å². The molecule has 0 unspecified atom stereocenters. The minimum absolute atomic E-state index is 0.152. The molecule has 0 aromatic carbocycles. The van der Waals surface area contributed by atoms with E-state index in [1.54, 1.807) is 6.92 Å². The van der Waals surface area contributed by atoms with Gasteiger partial charge in [-0.2, -0.15) is 0 Å². The lowest BCUT2D eigenvalue weighted by atomic mass is 10.0. The van der Waals surface area contributed by atoms with E-state index in [4.69, 9.17) is 9.84 Å². The van der Waals surface area contributed by atoms with Crippen molar-refractivity contribution in [2.45, 2.75) is 124 Å². The highest BCUT2D eigenvalue weighted by atomic mass is 16.5. The largest absolute Gasteiger partial charge is 0.466 e. The topological polar surface area (TPSA) is 46.5 Å². The molecule has 0 amide bonds. The molecule has 0 atom stereocenters. The maximum Gasteiger partial charge on any atom is 0.302 e. The molecule has 0 heterocycles. The number of unbranched alkanes of at least 4 members (excludes halogenated alkanes) is 15. The number of carbonyl (C=O) groups excluding carboxylic acids is 1. The van der Waals surface area contributed by atoms with Crippen molar-refractivity contribution in [1.29, 1.82) is 0 Å². The summed E-state index contributed by atoms with van der Waals surface area (Å²) in [6.45, 7) is 6.29. The fourth-order valence-electron chi connectivity index (χ4n) is 2.87. The highest BCUT2D eigenvalue weighted by molar-refractivity contribution is 5.65. The molecule has 0 rings (SSSR count). The fraction of sp³-hybridized carbons (Fsp3) is 0.955. The number of aliphatic hydroxyl groups excluding tert-OH is 1. The van der Waals surface area contributed by atoms with E-state index in [2.05, 4.69) is 6.92 Å². The van der Waals surface area contributed by atoms with E-state index in [0.717, 1.165) is 6.42 Å². The van der Waals surface area contributed by atoms with Crippen LogP contribution in [0.5, 0.6) is 0 Å². The summed E-state index contributed by atoms with van der Waals surface area (Å²) in [5.41, 5.74) is 0. The Bertz CT molecular complexity index is 241. The fourth-order valence-corrected chi connectivity index (χ4v) is 2.87. The molecular formula is C22H46O3. The van der Waals surface area contributed by atoms with Gasteiger partial charge in [0, 0.05) is 13.5 Å². The van der Waals surface area contributed by atoms with Gasteiger partial charge >= 0.3 is 5.97 Å². The molecule has 0 aliphatic carbocycles. The number of rotatable bonds is 17. The number of esters is 1. The summed E-state index contributed by atoms with van der Waals surface area (Å²) < 4.78 is 4.92. The summed E-state index contributed by atoms with van der Waals surface area (Å²) in [4.78, 5) is 10.6. The number of aliphatic hydroxyl groups is 1. The van der Waals surface area contributed by atoms with E-state index in [0.29, 0.717) is 6.61 Å². The Labute approximate surface area is 157 Å². The summed E-state index contributed by atoms with van der Waals surface area (Å²) in [5.74, 6) is -0.152. The Morgan fingerprint density at radius 3 is 1.20 bits per heavy atom. The van der Waals surface area contributed by atoms with Crippen molar-refractivity contribution in [3.63, 3.8) is 0 Å². The normalized spacial score (nSPS) is 10.2. The number of carbonyl (C=O) groups is 1. The van der Waals surface area contributed by atoms with Gasteiger partial charge in [0.15, 0.2) is 0 Å². The predicted octanol–water partition coefficient (Wildman–Crippen LogP) is 6.81. The third kappa shape index (κ3) is 31.7. The predicted molar refractivity (Wildman–Crippen MR) is 109 cm³/mol. The summed E-state index contributed by atoms with van der Waals surface area (Å²) in [6, 6.07) is 0. The van der Waals surface area contributed by atoms with Crippen molar-refractivity contribution in [1.82, 2.24) is 0 Å². The first-order valence-electron chi connectivity index (χ1n) is 10.9. The Kier molecular flexibility index (Phi) is 27.4. The molecule has 0 fully saturated rings. The smallest absolute Gasteiger partial charge is 0.302 e. The van der Waals surface area contributed by atoms with Crippen molar-refractivity contribution in [3.8, 4) is 0 Å². The first kappa shape index (κ1) is 26.7. The molecule has 1 N–H and O–H groups in total. The van der Waals surface area contributed by atoms with Crippen molar-refractivity contribution in [2.24, 2.45) is 0 Å². The van der Waals surface area contributed by atoms with Gasteiger partial charge in [-0.3, -0.25) is 4.79 Å². The molecule has 0 spiro atoms. The molecule has 0 saturated carbocycles. The van der Waals surface area contributed by atoms with Gasteiger partial charge in [-0.05, 0) is 13.3 Å². The van der Waals surface area contributed by atoms with Crippen LogP contribution in [0.4, 0.5) is 0 Å². The van der Waals surface area contributed by atoms with E-state index >= 15 is 0 Å². The van der Waals surface area contributed by atoms with Crippen LogP contribution in [0.3, 0.4) is 0 Å². The molecular weight excluding hydrogens is 312 g/mol. The molecule has 0 radical (unpaired) electrons. The molecule has 3 nitrogen and oxygen atoms in total. The van der Waals surface area contributed by atoms with Crippen molar-refractivity contribution in [2.75, 3.05) is 13.2 Å². The molecule has 0 aliphatic heterocycles. The Morgan fingerprint density at radius 1 is 0.640 bits per heavy atom. The highest BCUT2D eigenvalue weighted by Crippen LogP contribution is 2.13. The number of hydrogen-bond donors (Lipinski definition) is 1. The lowest BCUT2D eigenvalue weighted by Crippen LogP contribution is -2.00. The monoisotopic (exact) mass is 358 g/mol. The Morgan fingerprint density at radius 2 is 0.920 bits per heavy atom. The quantitative estimate of drug-likeness (QED) is 0.229. The van der Waals surface area contributed by atoms with Crippen LogP contribution in [-0.2, 0) is 9.53 Å². The molecule has 0 aliphatic rings. The number of ether oxygens (including phenoxy) is 1. The van der Waals surface area contributed by atoms with E-state index in [-0.39, 0.29) is 12.6 Å². The molecule has 0 aromatic heterocycles. The first-order valence-corrected chi connectivity index (χ1v) is 10.9. The molecule has 0 bridgehead atoms. The number of hydrogen-bond acceptors (Lipinski definition) is 3. The van der Waals surface area contributed by atoms with Crippen molar-refractivity contribution in [3.05, 3.63) is 0 Å². The summed E-state index contributed by atoms with van der Waals surface area (Å²) in [7, 11) is 0. The zero-order valence-corrected chi connectivity index (χ0v) is 17.5. The minimum Gasteiger partial charge on any atom is -0.466 e. The van der Waals surface area contributed by atoms with Crippen molar-refractivity contribution >= 4 is 5.97 Å². The van der Waals surface area contributed by atoms with Gasteiger partial charge in [-0.15, -0.1) is 0 Å². The van der Waals surface area contributed by atoms with Crippen molar-refractivity contribution < 1.29 is 14.6 Å². The van der Waals surface area contributed by atoms with Gasteiger partial charge in [-0.25, -0.2) is 0 Å². The standard InChI is InChI=1S/C20H40O2.C2H6O/c1-3-4-5-6-7-8-9-10-11-12-13-14-15-16-17-18-19-22-20(2)21;1-2-3/h3-19H2,1-2H3;3H,2H2,1H3.